The third kappa shape index (κ3) is 6.09. The lowest BCUT2D eigenvalue weighted by atomic mass is 10.4. The number of nitrogens with one attached hydrogen (secondary N) is 2. The van der Waals surface area contributed by atoms with Gasteiger partial charge in [0.1, 0.15) is 17.4 Å². The summed E-state index contributed by atoms with van der Waals surface area (Å²) >= 11 is 1.72. The molecule has 0 bridgehead atoms. The maximum absolute atomic E-state index is 5.09. The van der Waals surface area contributed by atoms with Gasteiger partial charge in [0.25, 0.3) is 0 Å². The van der Waals surface area contributed by atoms with Crippen LogP contribution in [-0.4, -0.2) is 46.0 Å². The average molecular weight is 366 g/mol. The monoisotopic (exact) mass is 365 g/mol. The molecule has 0 spiro atoms. The van der Waals surface area contributed by atoms with E-state index in [0.29, 0.717) is 13.1 Å². The fraction of sp³-hybridized carbons (Fsp3) is 0.625. The number of ether oxygens (including phenoxy) is 1. The Morgan fingerprint density at radius 3 is 2.84 bits per heavy atom. The van der Waals surface area contributed by atoms with Crippen molar-refractivity contribution in [3.05, 3.63) is 27.7 Å². The fourth-order valence-corrected chi connectivity index (χ4v) is 2.89. The first-order valence-electron chi connectivity index (χ1n) is 8.43. The number of hydrogen-bond donors (Lipinski definition) is 2. The minimum Gasteiger partial charge on any atom is -0.385 e. The zero-order valence-corrected chi connectivity index (χ0v) is 16.2. The van der Waals surface area contributed by atoms with Gasteiger partial charge in [0, 0.05) is 38.4 Å². The maximum atomic E-state index is 5.09. The van der Waals surface area contributed by atoms with Crippen molar-refractivity contribution in [3.8, 4) is 0 Å². The number of aryl methyl sites for hydroxylation is 2. The summed E-state index contributed by atoms with van der Waals surface area (Å²) in [4.78, 5) is 10.3. The van der Waals surface area contributed by atoms with E-state index < -0.39 is 0 Å². The molecule has 25 heavy (non-hydrogen) atoms. The second-order valence-electron chi connectivity index (χ2n) is 5.59. The van der Waals surface area contributed by atoms with E-state index in [1.165, 1.54) is 4.88 Å². The fourth-order valence-electron chi connectivity index (χ4n) is 2.09. The van der Waals surface area contributed by atoms with Crippen molar-refractivity contribution in [1.29, 1.82) is 0 Å². The van der Waals surface area contributed by atoms with Crippen molar-refractivity contribution >= 4 is 17.3 Å². The largest absolute Gasteiger partial charge is 0.385 e. The molecule has 0 aliphatic rings. The van der Waals surface area contributed by atoms with Crippen LogP contribution in [0.3, 0.4) is 0 Å². The van der Waals surface area contributed by atoms with Crippen LogP contribution in [0.4, 0.5) is 0 Å². The Kier molecular flexibility index (Phi) is 7.80. The Morgan fingerprint density at radius 1 is 1.36 bits per heavy atom. The van der Waals surface area contributed by atoms with Gasteiger partial charge in [-0.05, 0) is 19.8 Å². The summed E-state index contributed by atoms with van der Waals surface area (Å²) in [6, 6.07) is 0. The molecule has 2 aromatic rings. The average Bonchev–Trinajstić information content (AvgIpc) is 3.21. The number of thiazole rings is 1. The van der Waals surface area contributed by atoms with Crippen LogP contribution in [0.5, 0.6) is 0 Å². The Balaban J connectivity index is 1.95. The molecule has 0 fully saturated rings. The van der Waals surface area contributed by atoms with E-state index in [4.69, 9.17) is 4.74 Å². The highest BCUT2D eigenvalue weighted by atomic mass is 32.1. The van der Waals surface area contributed by atoms with Crippen molar-refractivity contribution in [2.24, 2.45) is 12.0 Å². The third-order valence-electron chi connectivity index (χ3n) is 3.74. The van der Waals surface area contributed by atoms with E-state index in [-0.39, 0.29) is 0 Å². The van der Waals surface area contributed by atoms with Gasteiger partial charge in [-0.25, -0.2) is 9.98 Å². The highest BCUT2D eigenvalue weighted by molar-refractivity contribution is 7.11. The molecule has 2 N–H and O–H groups in total. The Morgan fingerprint density at radius 2 is 2.20 bits per heavy atom. The molecule has 0 saturated heterocycles. The summed E-state index contributed by atoms with van der Waals surface area (Å²) in [6.45, 7) is 6.69. The number of aliphatic imine (C=N–C) groups is 1. The summed E-state index contributed by atoms with van der Waals surface area (Å²) in [5, 5.41) is 15.9. The summed E-state index contributed by atoms with van der Waals surface area (Å²) in [5.41, 5.74) is 0. The molecule has 2 aromatic heterocycles. The van der Waals surface area contributed by atoms with Crippen LogP contribution in [-0.2, 0) is 31.3 Å². The van der Waals surface area contributed by atoms with Crippen LogP contribution >= 0.6 is 11.3 Å². The van der Waals surface area contributed by atoms with Gasteiger partial charge in [0.05, 0.1) is 6.54 Å². The Bertz CT molecular complexity index is 680. The van der Waals surface area contributed by atoms with Crippen molar-refractivity contribution in [3.63, 3.8) is 0 Å². The van der Waals surface area contributed by atoms with E-state index in [1.54, 1.807) is 18.4 Å². The van der Waals surface area contributed by atoms with Crippen LogP contribution < -0.4 is 10.6 Å². The van der Waals surface area contributed by atoms with Crippen molar-refractivity contribution in [2.75, 3.05) is 20.3 Å². The molecule has 2 rings (SSSR count). The van der Waals surface area contributed by atoms with Crippen LogP contribution in [0.25, 0.3) is 0 Å². The smallest absolute Gasteiger partial charge is 0.192 e. The van der Waals surface area contributed by atoms with E-state index >= 15 is 0 Å². The Hall–Kier alpha value is -2.00. The van der Waals surface area contributed by atoms with Gasteiger partial charge in [-0.3, -0.25) is 0 Å². The predicted molar refractivity (Wildman–Crippen MR) is 99.7 cm³/mol. The van der Waals surface area contributed by atoms with Gasteiger partial charge in [-0.1, -0.05) is 6.92 Å². The van der Waals surface area contributed by atoms with Crippen LogP contribution in [0.15, 0.2) is 11.2 Å². The SMILES string of the molecule is CCc1cnc(CNC(=NCc2nnc(C)n2C)NCCCOC)s1. The number of guanidine groups is 1. The van der Waals surface area contributed by atoms with Crippen LogP contribution in [0.1, 0.15) is 34.9 Å². The van der Waals surface area contributed by atoms with Gasteiger partial charge in [0.15, 0.2) is 11.8 Å². The molecule has 0 aliphatic heterocycles. The molecule has 0 amide bonds. The van der Waals surface area contributed by atoms with E-state index in [1.807, 2.05) is 24.7 Å². The van der Waals surface area contributed by atoms with Gasteiger partial charge in [-0.15, -0.1) is 21.5 Å². The summed E-state index contributed by atoms with van der Waals surface area (Å²) in [6.07, 6.45) is 3.86. The molecule has 0 aromatic carbocycles. The molecule has 0 aliphatic carbocycles. The van der Waals surface area contributed by atoms with E-state index in [2.05, 4.69) is 37.7 Å². The summed E-state index contributed by atoms with van der Waals surface area (Å²) in [5.74, 6) is 2.45. The predicted octanol–water partition coefficient (Wildman–Crippen LogP) is 1.41. The topological polar surface area (TPSA) is 89.3 Å². The van der Waals surface area contributed by atoms with Crippen LogP contribution in [0, 0.1) is 6.92 Å². The number of methoxy groups -OCH3 is 1. The molecule has 8 nitrogen and oxygen atoms in total. The quantitative estimate of drug-likeness (QED) is 0.397. The number of hydrogen-bond acceptors (Lipinski definition) is 6. The maximum Gasteiger partial charge on any atom is 0.192 e. The summed E-state index contributed by atoms with van der Waals surface area (Å²) < 4.78 is 7.03. The molecule has 9 heteroatoms. The first kappa shape index (κ1) is 19.3. The van der Waals surface area contributed by atoms with Gasteiger partial charge in [-0.2, -0.15) is 0 Å². The zero-order chi connectivity index (χ0) is 18.1. The van der Waals surface area contributed by atoms with E-state index in [9.17, 15) is 0 Å². The minimum absolute atomic E-state index is 0.467. The first-order chi connectivity index (χ1) is 12.1. The lowest BCUT2D eigenvalue weighted by Crippen LogP contribution is -2.37. The number of nitrogens with zero attached hydrogens (tertiary/aromatic N) is 5. The minimum atomic E-state index is 0.467. The molecule has 0 atom stereocenters. The first-order valence-corrected chi connectivity index (χ1v) is 9.25. The lowest BCUT2D eigenvalue weighted by Gasteiger charge is -2.11. The second-order valence-corrected chi connectivity index (χ2v) is 6.79. The number of aromatic nitrogens is 4. The third-order valence-corrected chi connectivity index (χ3v) is 4.88. The standard InChI is InChI=1S/C16H27N7OS/c1-5-13-9-18-15(25-13)11-20-16(17-7-6-8-24-4)19-10-14-22-21-12(2)23(14)3/h9H,5-8,10-11H2,1-4H3,(H2,17,19,20). The highest BCUT2D eigenvalue weighted by Gasteiger charge is 2.06. The molecule has 0 radical (unpaired) electrons. The number of rotatable bonds is 9. The van der Waals surface area contributed by atoms with Gasteiger partial charge in [0.2, 0.25) is 0 Å². The second kappa shape index (κ2) is 10.1. The van der Waals surface area contributed by atoms with E-state index in [0.717, 1.165) is 48.6 Å². The van der Waals surface area contributed by atoms with Crippen LogP contribution in [0.2, 0.25) is 0 Å². The molecule has 0 saturated carbocycles. The van der Waals surface area contributed by atoms with Crippen molar-refractivity contribution in [2.45, 2.75) is 39.8 Å². The molecular formula is C16H27N7OS. The molecular weight excluding hydrogens is 338 g/mol. The highest BCUT2D eigenvalue weighted by Crippen LogP contribution is 2.12. The van der Waals surface area contributed by atoms with Crippen molar-refractivity contribution in [1.82, 2.24) is 30.4 Å². The summed E-state index contributed by atoms with van der Waals surface area (Å²) in [7, 11) is 3.65. The molecule has 138 valence electrons. The molecule has 2 heterocycles. The lowest BCUT2D eigenvalue weighted by molar-refractivity contribution is 0.195. The van der Waals surface area contributed by atoms with Gasteiger partial charge >= 0.3 is 0 Å². The zero-order valence-electron chi connectivity index (χ0n) is 15.4. The van der Waals surface area contributed by atoms with Gasteiger partial charge < -0.3 is 19.9 Å². The molecule has 0 unspecified atom stereocenters. The normalized spacial score (nSPS) is 11.8. The van der Waals surface area contributed by atoms with Crippen molar-refractivity contribution < 1.29 is 4.74 Å². The Labute approximate surface area is 152 Å².